The number of hydrogen-bond acceptors (Lipinski definition) is 5. The first kappa shape index (κ1) is 19.8. The Bertz CT molecular complexity index is 658. The van der Waals surface area contributed by atoms with Gasteiger partial charge in [0.2, 0.25) is 10.0 Å². The van der Waals surface area contributed by atoms with Gasteiger partial charge in [0.05, 0.1) is 12.9 Å². The van der Waals surface area contributed by atoms with Gasteiger partial charge in [-0.3, -0.25) is 5.32 Å². The molecule has 2 N–H and O–H groups in total. The zero-order chi connectivity index (χ0) is 18.2. The fraction of sp³-hybridized carbons (Fsp3) is 0.467. The quantitative estimate of drug-likeness (QED) is 0.779. The molecule has 0 atom stereocenters. The highest BCUT2D eigenvalue weighted by atomic mass is 32.2. The molecule has 0 saturated carbocycles. The highest BCUT2D eigenvalue weighted by Crippen LogP contribution is 2.15. The lowest BCUT2D eigenvalue weighted by Gasteiger charge is -2.20. The van der Waals surface area contributed by atoms with Crippen LogP contribution in [0.2, 0.25) is 0 Å². The van der Waals surface area contributed by atoms with Gasteiger partial charge in [0, 0.05) is 12.2 Å². The van der Waals surface area contributed by atoms with Gasteiger partial charge in [0.1, 0.15) is 5.75 Å². The Morgan fingerprint density at radius 2 is 1.79 bits per heavy atom. The minimum absolute atomic E-state index is 0.0253. The summed E-state index contributed by atoms with van der Waals surface area (Å²) >= 11 is 0. The molecule has 0 aromatic heterocycles. The molecule has 0 unspecified atom stereocenters. The Kier molecular flexibility index (Phi) is 7.50. The summed E-state index contributed by atoms with van der Waals surface area (Å²) in [4.78, 5) is 23.8. The largest absolute Gasteiger partial charge is 0.494 e. The van der Waals surface area contributed by atoms with E-state index in [0.717, 1.165) is 12.7 Å². The number of benzene rings is 1. The summed E-state index contributed by atoms with van der Waals surface area (Å²) in [6.07, 6.45) is 2.16. The first-order valence-corrected chi connectivity index (χ1v) is 9.45. The number of imide groups is 1. The summed E-state index contributed by atoms with van der Waals surface area (Å²) in [6.45, 7) is 4.28. The predicted octanol–water partition coefficient (Wildman–Crippen LogP) is 2.39. The van der Waals surface area contributed by atoms with Gasteiger partial charge in [-0.15, -0.1) is 0 Å². The van der Waals surface area contributed by atoms with E-state index in [1.54, 1.807) is 24.3 Å². The Labute approximate surface area is 142 Å². The van der Waals surface area contributed by atoms with Crippen LogP contribution in [0, 0.1) is 0 Å². The van der Waals surface area contributed by atoms with Gasteiger partial charge in [-0.05, 0) is 37.6 Å². The van der Waals surface area contributed by atoms with Crippen LogP contribution in [0.5, 0.6) is 5.75 Å². The number of anilines is 1. The summed E-state index contributed by atoms with van der Waals surface area (Å²) in [5.74, 6) is 0.655. The number of urea groups is 2. The highest BCUT2D eigenvalue weighted by Gasteiger charge is 2.24. The smallest absolute Gasteiger partial charge is 0.339 e. The SMILES string of the molecule is CCCCN(C(=O)NC(=O)Nc1ccc(OCC)cc1)S(C)(=O)=O. The maximum Gasteiger partial charge on any atom is 0.339 e. The standard InChI is InChI=1S/C15H23N3O5S/c1-4-6-11-18(24(3,21)22)15(20)17-14(19)16-12-7-9-13(10-8-12)23-5-2/h7-10H,4-6,11H2,1-3H3,(H2,16,17,19,20). The van der Waals surface area contributed by atoms with E-state index in [1.807, 2.05) is 19.2 Å². The van der Waals surface area contributed by atoms with E-state index in [1.165, 1.54) is 0 Å². The second-order valence-electron chi connectivity index (χ2n) is 5.03. The number of amides is 4. The van der Waals surface area contributed by atoms with Gasteiger partial charge in [-0.25, -0.2) is 22.3 Å². The zero-order valence-electron chi connectivity index (χ0n) is 14.0. The normalized spacial score (nSPS) is 10.8. The fourth-order valence-electron chi connectivity index (χ4n) is 1.84. The lowest BCUT2D eigenvalue weighted by Crippen LogP contribution is -2.47. The molecule has 1 aromatic rings. The average molecular weight is 357 g/mol. The number of rotatable bonds is 7. The van der Waals surface area contributed by atoms with Crippen LogP contribution in [-0.4, -0.2) is 44.2 Å². The Hall–Kier alpha value is -2.29. The molecular formula is C15H23N3O5S. The summed E-state index contributed by atoms with van der Waals surface area (Å²) in [5.41, 5.74) is 0.447. The molecule has 0 saturated heterocycles. The number of nitrogens with one attached hydrogen (secondary N) is 2. The van der Waals surface area contributed by atoms with Crippen LogP contribution in [0.3, 0.4) is 0 Å². The number of unbranched alkanes of at least 4 members (excludes halogenated alkanes) is 1. The predicted molar refractivity (Wildman–Crippen MR) is 91.6 cm³/mol. The van der Waals surface area contributed by atoms with E-state index >= 15 is 0 Å². The van der Waals surface area contributed by atoms with E-state index in [-0.39, 0.29) is 6.54 Å². The first-order valence-electron chi connectivity index (χ1n) is 7.60. The second kappa shape index (κ2) is 9.11. The van der Waals surface area contributed by atoms with Gasteiger partial charge in [-0.2, -0.15) is 0 Å². The van der Waals surface area contributed by atoms with E-state index in [9.17, 15) is 18.0 Å². The molecule has 0 aliphatic heterocycles. The van der Waals surface area contributed by atoms with Crippen LogP contribution < -0.4 is 15.4 Å². The Morgan fingerprint density at radius 3 is 2.29 bits per heavy atom. The number of hydrogen-bond donors (Lipinski definition) is 2. The number of sulfonamides is 1. The van der Waals surface area contributed by atoms with Gasteiger partial charge >= 0.3 is 12.1 Å². The second-order valence-corrected chi connectivity index (χ2v) is 6.94. The van der Waals surface area contributed by atoms with Gasteiger partial charge in [-0.1, -0.05) is 13.3 Å². The molecule has 134 valence electrons. The van der Waals surface area contributed by atoms with E-state index in [4.69, 9.17) is 4.74 Å². The Balaban J connectivity index is 2.66. The molecule has 0 radical (unpaired) electrons. The minimum Gasteiger partial charge on any atom is -0.494 e. The van der Waals surface area contributed by atoms with Crippen LogP contribution in [0.15, 0.2) is 24.3 Å². The number of nitrogens with zero attached hydrogens (tertiary/aromatic N) is 1. The van der Waals surface area contributed by atoms with E-state index < -0.39 is 22.1 Å². The van der Waals surface area contributed by atoms with Crippen LogP contribution in [0.25, 0.3) is 0 Å². The minimum atomic E-state index is -3.74. The lowest BCUT2D eigenvalue weighted by molar-refractivity contribution is 0.219. The van der Waals surface area contributed by atoms with Crippen LogP contribution >= 0.6 is 0 Å². The van der Waals surface area contributed by atoms with Crippen molar-refractivity contribution in [3.63, 3.8) is 0 Å². The van der Waals surface area contributed by atoms with Crippen molar-refractivity contribution in [2.45, 2.75) is 26.7 Å². The van der Waals surface area contributed by atoms with Gasteiger partial charge in [0.15, 0.2) is 0 Å². The van der Waals surface area contributed by atoms with Crippen molar-refractivity contribution in [3.8, 4) is 5.75 Å². The molecule has 0 aliphatic carbocycles. The molecule has 4 amide bonds. The molecule has 8 nitrogen and oxygen atoms in total. The van der Waals surface area contributed by atoms with Crippen molar-refractivity contribution in [2.24, 2.45) is 0 Å². The van der Waals surface area contributed by atoms with Crippen molar-refractivity contribution in [1.82, 2.24) is 9.62 Å². The topological polar surface area (TPSA) is 105 Å². The summed E-state index contributed by atoms with van der Waals surface area (Å²) in [5, 5.41) is 4.47. The summed E-state index contributed by atoms with van der Waals surface area (Å²) in [7, 11) is -3.74. The molecular weight excluding hydrogens is 334 g/mol. The molecule has 1 aromatic carbocycles. The van der Waals surface area contributed by atoms with Crippen molar-refractivity contribution in [2.75, 3.05) is 24.7 Å². The molecule has 0 spiro atoms. The molecule has 1 rings (SSSR count). The molecule has 0 heterocycles. The Morgan fingerprint density at radius 1 is 1.17 bits per heavy atom. The van der Waals surface area contributed by atoms with Crippen LogP contribution in [0.4, 0.5) is 15.3 Å². The van der Waals surface area contributed by atoms with Crippen molar-refractivity contribution in [1.29, 1.82) is 0 Å². The van der Waals surface area contributed by atoms with Crippen molar-refractivity contribution in [3.05, 3.63) is 24.3 Å². The molecule has 0 aliphatic rings. The zero-order valence-corrected chi connectivity index (χ0v) is 14.9. The van der Waals surface area contributed by atoms with E-state index in [0.29, 0.717) is 28.8 Å². The third-order valence-corrected chi connectivity index (χ3v) is 4.13. The molecule has 0 bridgehead atoms. The van der Waals surface area contributed by atoms with Crippen molar-refractivity contribution < 1.29 is 22.7 Å². The van der Waals surface area contributed by atoms with Crippen LogP contribution in [-0.2, 0) is 10.0 Å². The highest BCUT2D eigenvalue weighted by molar-refractivity contribution is 7.88. The lowest BCUT2D eigenvalue weighted by atomic mass is 10.3. The van der Waals surface area contributed by atoms with Crippen molar-refractivity contribution >= 4 is 27.8 Å². The molecule has 0 fully saturated rings. The third-order valence-electron chi connectivity index (χ3n) is 2.99. The summed E-state index contributed by atoms with van der Waals surface area (Å²) in [6, 6.07) is 4.78. The molecule has 9 heteroatoms. The maximum absolute atomic E-state index is 12.0. The third kappa shape index (κ3) is 6.45. The van der Waals surface area contributed by atoms with Gasteiger partial charge in [0.25, 0.3) is 0 Å². The fourth-order valence-corrected chi connectivity index (χ4v) is 2.65. The average Bonchev–Trinajstić information content (AvgIpc) is 2.48. The maximum atomic E-state index is 12.0. The molecule has 24 heavy (non-hydrogen) atoms. The number of carbonyl (C=O) groups excluding carboxylic acids is 2. The monoisotopic (exact) mass is 357 g/mol. The number of ether oxygens (including phenoxy) is 1. The number of carbonyl (C=O) groups is 2. The summed E-state index contributed by atoms with van der Waals surface area (Å²) < 4.78 is 29.2. The van der Waals surface area contributed by atoms with Crippen LogP contribution in [0.1, 0.15) is 26.7 Å². The van der Waals surface area contributed by atoms with E-state index in [2.05, 4.69) is 5.32 Å². The first-order chi connectivity index (χ1) is 11.3. The van der Waals surface area contributed by atoms with Gasteiger partial charge < -0.3 is 10.1 Å².